The summed E-state index contributed by atoms with van der Waals surface area (Å²) in [7, 11) is 0. The van der Waals surface area contributed by atoms with Gasteiger partial charge in [-0.05, 0) is 110 Å². The SMILES string of the molecule is N#Cc1ccc(OC(=O)c2ccc(CCCCCc3ccc(C(=O)Oc4ccc(C#N)cc4)cc3)cc2)cc1. The molecule has 0 N–H and O–H groups in total. The van der Waals surface area contributed by atoms with E-state index in [1.54, 1.807) is 72.8 Å². The van der Waals surface area contributed by atoms with Gasteiger partial charge in [-0.2, -0.15) is 10.5 Å². The van der Waals surface area contributed by atoms with Crippen molar-refractivity contribution >= 4 is 11.9 Å². The number of unbranched alkanes of at least 4 members (excludes halogenated alkanes) is 2. The second-order valence-electron chi connectivity index (χ2n) is 9.01. The molecule has 0 aliphatic rings. The molecule has 6 heteroatoms. The minimum absolute atomic E-state index is 0.403. The van der Waals surface area contributed by atoms with E-state index in [1.165, 1.54) is 0 Å². The normalized spacial score (nSPS) is 10.2. The predicted molar refractivity (Wildman–Crippen MR) is 146 cm³/mol. The van der Waals surface area contributed by atoms with Crippen molar-refractivity contribution in [2.45, 2.75) is 32.1 Å². The minimum Gasteiger partial charge on any atom is -0.423 e. The van der Waals surface area contributed by atoms with Crippen molar-refractivity contribution in [3.8, 4) is 23.6 Å². The summed E-state index contributed by atoms with van der Waals surface area (Å²) in [6.45, 7) is 0. The molecule has 4 aromatic rings. The molecule has 0 heterocycles. The first-order valence-electron chi connectivity index (χ1n) is 12.7. The fraction of sp³-hybridized carbons (Fsp3) is 0.152. The van der Waals surface area contributed by atoms with E-state index in [1.807, 2.05) is 36.4 Å². The highest BCUT2D eigenvalue weighted by Gasteiger charge is 2.10. The topological polar surface area (TPSA) is 100 Å². The maximum Gasteiger partial charge on any atom is 0.343 e. The highest BCUT2D eigenvalue weighted by Crippen LogP contribution is 2.17. The molecule has 0 unspecified atom stereocenters. The van der Waals surface area contributed by atoms with Crippen molar-refractivity contribution < 1.29 is 19.1 Å². The first kappa shape index (κ1) is 26.9. The monoisotopic (exact) mass is 514 g/mol. The highest BCUT2D eigenvalue weighted by molar-refractivity contribution is 5.91. The highest BCUT2D eigenvalue weighted by atomic mass is 16.5. The molecule has 0 aliphatic carbocycles. The van der Waals surface area contributed by atoms with Crippen molar-refractivity contribution in [1.82, 2.24) is 0 Å². The third-order valence-corrected chi connectivity index (χ3v) is 6.20. The quantitative estimate of drug-likeness (QED) is 0.131. The van der Waals surface area contributed by atoms with Crippen LogP contribution in [-0.4, -0.2) is 11.9 Å². The molecule has 0 radical (unpaired) electrons. The van der Waals surface area contributed by atoms with E-state index in [4.69, 9.17) is 20.0 Å². The van der Waals surface area contributed by atoms with Crippen molar-refractivity contribution in [1.29, 1.82) is 10.5 Å². The second kappa shape index (κ2) is 13.4. The molecule has 6 nitrogen and oxygen atoms in total. The molecule has 192 valence electrons. The number of aryl methyl sites for hydroxylation is 2. The molecule has 0 fully saturated rings. The average Bonchev–Trinajstić information content (AvgIpc) is 2.98. The van der Waals surface area contributed by atoms with E-state index in [9.17, 15) is 9.59 Å². The van der Waals surface area contributed by atoms with Gasteiger partial charge in [0.05, 0.1) is 34.4 Å². The van der Waals surface area contributed by atoms with Crippen molar-refractivity contribution in [3.63, 3.8) is 0 Å². The Bertz CT molecular complexity index is 1380. The van der Waals surface area contributed by atoms with Crippen LogP contribution in [0.25, 0.3) is 0 Å². The van der Waals surface area contributed by atoms with Crippen LogP contribution in [0.4, 0.5) is 0 Å². The molecule has 4 aromatic carbocycles. The zero-order chi connectivity index (χ0) is 27.5. The Hall–Kier alpha value is -5.20. The van der Waals surface area contributed by atoms with Gasteiger partial charge in [-0.3, -0.25) is 0 Å². The number of carbonyl (C=O) groups excluding carboxylic acids is 2. The summed E-state index contributed by atoms with van der Waals surface area (Å²) in [5.74, 6) is -0.0545. The Morgan fingerprint density at radius 3 is 1.21 bits per heavy atom. The Balaban J connectivity index is 1.16. The van der Waals surface area contributed by atoms with Gasteiger partial charge in [0.25, 0.3) is 0 Å². The Morgan fingerprint density at radius 1 is 0.513 bits per heavy atom. The van der Waals surface area contributed by atoms with Gasteiger partial charge < -0.3 is 9.47 Å². The van der Waals surface area contributed by atoms with Crippen LogP contribution in [-0.2, 0) is 12.8 Å². The van der Waals surface area contributed by atoms with Crippen molar-refractivity contribution in [2.75, 3.05) is 0 Å². The lowest BCUT2D eigenvalue weighted by Gasteiger charge is -2.07. The summed E-state index contributed by atoms with van der Waals surface area (Å²) in [6.07, 6.45) is 4.97. The minimum atomic E-state index is -0.431. The molecular weight excluding hydrogens is 488 g/mol. The molecule has 0 bridgehead atoms. The van der Waals surface area contributed by atoms with Gasteiger partial charge in [0, 0.05) is 0 Å². The van der Waals surface area contributed by atoms with Crippen molar-refractivity contribution in [3.05, 3.63) is 130 Å². The molecule has 0 spiro atoms. The van der Waals surface area contributed by atoms with E-state index >= 15 is 0 Å². The first-order valence-corrected chi connectivity index (χ1v) is 12.7. The van der Waals surface area contributed by atoms with Gasteiger partial charge in [-0.1, -0.05) is 30.7 Å². The Labute approximate surface area is 227 Å². The maximum atomic E-state index is 12.4. The van der Waals surface area contributed by atoms with Crippen LogP contribution in [0, 0.1) is 22.7 Å². The summed E-state index contributed by atoms with van der Waals surface area (Å²) >= 11 is 0. The number of nitriles is 2. The number of esters is 2. The van der Waals surface area contributed by atoms with E-state index < -0.39 is 11.9 Å². The Morgan fingerprint density at radius 2 is 0.872 bits per heavy atom. The number of ether oxygens (including phenoxy) is 2. The number of rotatable bonds is 10. The lowest BCUT2D eigenvalue weighted by molar-refractivity contribution is 0.0725. The van der Waals surface area contributed by atoms with Crippen LogP contribution in [0.2, 0.25) is 0 Å². The smallest absolute Gasteiger partial charge is 0.343 e. The maximum absolute atomic E-state index is 12.4. The number of benzene rings is 4. The molecule has 0 aliphatic heterocycles. The van der Waals surface area contributed by atoms with E-state index in [-0.39, 0.29) is 0 Å². The van der Waals surface area contributed by atoms with Gasteiger partial charge in [0.1, 0.15) is 11.5 Å². The molecular formula is C33H26N2O4. The van der Waals surface area contributed by atoms with Crippen LogP contribution < -0.4 is 9.47 Å². The predicted octanol–water partition coefficient (Wildman–Crippen LogP) is 6.82. The van der Waals surface area contributed by atoms with Crippen LogP contribution in [0.1, 0.15) is 62.2 Å². The summed E-state index contributed by atoms with van der Waals surface area (Å²) in [5, 5.41) is 17.7. The van der Waals surface area contributed by atoms with Gasteiger partial charge in [-0.25, -0.2) is 9.59 Å². The van der Waals surface area contributed by atoms with E-state index in [2.05, 4.69) is 0 Å². The standard InChI is InChI=1S/C33H26N2O4/c34-22-26-10-18-30(19-11-26)38-32(36)28-14-6-24(7-15-28)4-2-1-3-5-25-8-16-29(17-9-25)33(37)39-31-20-12-27(23-35)13-21-31/h6-21H,1-5H2. The van der Waals surface area contributed by atoms with Gasteiger partial charge >= 0.3 is 11.9 Å². The second-order valence-corrected chi connectivity index (χ2v) is 9.01. The largest absolute Gasteiger partial charge is 0.423 e. The zero-order valence-electron chi connectivity index (χ0n) is 21.3. The van der Waals surface area contributed by atoms with Crippen LogP contribution in [0.3, 0.4) is 0 Å². The number of carbonyl (C=O) groups is 2. The lowest BCUT2D eigenvalue weighted by atomic mass is 10.0. The molecule has 0 saturated carbocycles. The third kappa shape index (κ3) is 7.89. The van der Waals surface area contributed by atoms with E-state index in [0.29, 0.717) is 33.8 Å². The lowest BCUT2D eigenvalue weighted by Crippen LogP contribution is -2.08. The van der Waals surface area contributed by atoms with Gasteiger partial charge in [0.2, 0.25) is 0 Å². The molecule has 0 amide bonds. The fourth-order valence-electron chi connectivity index (χ4n) is 3.98. The fourth-order valence-corrected chi connectivity index (χ4v) is 3.98. The molecule has 4 rings (SSSR count). The van der Waals surface area contributed by atoms with Gasteiger partial charge in [0.15, 0.2) is 0 Å². The molecule has 39 heavy (non-hydrogen) atoms. The summed E-state index contributed by atoms with van der Waals surface area (Å²) in [6, 6.07) is 31.8. The summed E-state index contributed by atoms with van der Waals surface area (Å²) in [5.41, 5.74) is 4.30. The number of nitrogens with zero attached hydrogens (tertiary/aromatic N) is 2. The van der Waals surface area contributed by atoms with E-state index in [0.717, 1.165) is 43.2 Å². The third-order valence-electron chi connectivity index (χ3n) is 6.20. The number of hydrogen-bond donors (Lipinski definition) is 0. The van der Waals surface area contributed by atoms with Crippen molar-refractivity contribution in [2.24, 2.45) is 0 Å². The van der Waals surface area contributed by atoms with Crippen LogP contribution in [0.15, 0.2) is 97.1 Å². The van der Waals surface area contributed by atoms with Gasteiger partial charge in [-0.15, -0.1) is 0 Å². The zero-order valence-corrected chi connectivity index (χ0v) is 21.3. The average molecular weight is 515 g/mol. The van der Waals surface area contributed by atoms with Crippen LogP contribution >= 0.6 is 0 Å². The first-order chi connectivity index (χ1) is 19.0. The number of hydrogen-bond acceptors (Lipinski definition) is 6. The molecule has 0 atom stereocenters. The van der Waals surface area contributed by atoms with Crippen LogP contribution in [0.5, 0.6) is 11.5 Å². The summed E-state index contributed by atoms with van der Waals surface area (Å²) in [4.78, 5) is 24.7. The molecule has 0 saturated heterocycles. The molecule has 0 aromatic heterocycles. The Kier molecular flexibility index (Phi) is 9.21. The summed E-state index contributed by atoms with van der Waals surface area (Å²) < 4.78 is 10.7.